The minimum Gasteiger partial charge on any atom is -0.451 e. The minimum absolute atomic E-state index is 0.197. The van der Waals surface area contributed by atoms with Gasteiger partial charge in [0.1, 0.15) is 5.58 Å². The van der Waals surface area contributed by atoms with Crippen LogP contribution in [0.15, 0.2) is 28.7 Å². The number of ether oxygens (including phenoxy) is 1. The van der Waals surface area contributed by atoms with Gasteiger partial charge in [-0.25, -0.2) is 0 Å². The SMILES string of the molecule is Cc1ccc2oc(C(=O)NCCCOCCN)cc2c1. The first-order valence-corrected chi connectivity index (χ1v) is 6.77. The summed E-state index contributed by atoms with van der Waals surface area (Å²) in [5.41, 5.74) is 7.18. The van der Waals surface area contributed by atoms with E-state index in [1.807, 2.05) is 25.1 Å². The Morgan fingerprint density at radius 3 is 3.00 bits per heavy atom. The molecule has 0 atom stereocenters. The second kappa shape index (κ2) is 7.07. The number of nitrogens with one attached hydrogen (secondary N) is 1. The number of hydrogen-bond acceptors (Lipinski definition) is 4. The second-order valence-corrected chi connectivity index (χ2v) is 4.66. The summed E-state index contributed by atoms with van der Waals surface area (Å²) in [7, 11) is 0. The number of nitrogens with two attached hydrogens (primary N) is 1. The molecule has 1 amide bonds. The van der Waals surface area contributed by atoms with Gasteiger partial charge in [-0.3, -0.25) is 4.79 Å². The Kier molecular flexibility index (Phi) is 5.15. The van der Waals surface area contributed by atoms with Gasteiger partial charge in [-0.05, 0) is 31.5 Å². The first-order chi connectivity index (χ1) is 9.70. The monoisotopic (exact) mass is 276 g/mol. The Labute approximate surface area is 118 Å². The number of furan rings is 1. The molecule has 0 aliphatic heterocycles. The molecule has 20 heavy (non-hydrogen) atoms. The molecule has 3 N–H and O–H groups in total. The summed E-state index contributed by atoms with van der Waals surface area (Å²) in [6.07, 6.45) is 0.755. The number of carbonyl (C=O) groups is 1. The molecule has 5 nitrogen and oxygen atoms in total. The number of carbonyl (C=O) groups excluding carboxylic acids is 1. The zero-order chi connectivity index (χ0) is 14.4. The van der Waals surface area contributed by atoms with Crippen molar-refractivity contribution in [3.8, 4) is 0 Å². The van der Waals surface area contributed by atoms with Crippen LogP contribution in [0, 0.1) is 6.92 Å². The van der Waals surface area contributed by atoms with Crippen LogP contribution < -0.4 is 11.1 Å². The zero-order valence-corrected chi connectivity index (χ0v) is 11.6. The summed E-state index contributed by atoms with van der Waals surface area (Å²) in [5, 5.41) is 3.75. The molecule has 1 heterocycles. The lowest BCUT2D eigenvalue weighted by Gasteiger charge is -2.03. The highest BCUT2D eigenvalue weighted by atomic mass is 16.5. The molecule has 108 valence electrons. The highest BCUT2D eigenvalue weighted by molar-refractivity contribution is 5.96. The molecule has 1 aromatic heterocycles. The van der Waals surface area contributed by atoms with Crippen molar-refractivity contribution >= 4 is 16.9 Å². The van der Waals surface area contributed by atoms with Gasteiger partial charge < -0.3 is 20.2 Å². The maximum Gasteiger partial charge on any atom is 0.287 e. The van der Waals surface area contributed by atoms with Crippen LogP contribution in [0.3, 0.4) is 0 Å². The van der Waals surface area contributed by atoms with E-state index in [2.05, 4.69) is 5.32 Å². The minimum atomic E-state index is -0.197. The molecule has 2 rings (SSSR count). The van der Waals surface area contributed by atoms with Gasteiger partial charge in [0.25, 0.3) is 5.91 Å². The molecule has 0 bridgehead atoms. The van der Waals surface area contributed by atoms with E-state index < -0.39 is 0 Å². The van der Waals surface area contributed by atoms with Crippen LogP contribution in [-0.2, 0) is 4.74 Å². The Hall–Kier alpha value is -1.85. The summed E-state index contributed by atoms with van der Waals surface area (Å²) in [6, 6.07) is 7.60. The molecule has 5 heteroatoms. The molecule has 0 unspecified atom stereocenters. The third-order valence-corrected chi connectivity index (χ3v) is 2.91. The molecule has 0 aliphatic carbocycles. The van der Waals surface area contributed by atoms with Gasteiger partial charge in [-0.15, -0.1) is 0 Å². The maximum atomic E-state index is 11.9. The van der Waals surface area contributed by atoms with Gasteiger partial charge in [0, 0.05) is 25.1 Å². The normalized spacial score (nSPS) is 10.9. The van der Waals surface area contributed by atoms with Crippen molar-refractivity contribution < 1.29 is 13.9 Å². The van der Waals surface area contributed by atoms with Gasteiger partial charge in [0.05, 0.1) is 6.61 Å². The van der Waals surface area contributed by atoms with Crippen molar-refractivity contribution in [2.75, 3.05) is 26.3 Å². The van der Waals surface area contributed by atoms with Crippen LogP contribution in [0.4, 0.5) is 0 Å². The van der Waals surface area contributed by atoms with E-state index in [0.29, 0.717) is 32.1 Å². The van der Waals surface area contributed by atoms with Crippen LogP contribution in [0.25, 0.3) is 11.0 Å². The van der Waals surface area contributed by atoms with Crippen LogP contribution in [0.1, 0.15) is 22.5 Å². The van der Waals surface area contributed by atoms with Crippen LogP contribution in [-0.4, -0.2) is 32.2 Å². The van der Waals surface area contributed by atoms with Gasteiger partial charge in [-0.2, -0.15) is 0 Å². The van der Waals surface area contributed by atoms with Crippen LogP contribution in [0.5, 0.6) is 0 Å². The molecule has 2 aromatic rings. The summed E-state index contributed by atoms with van der Waals surface area (Å²) in [5.74, 6) is 0.145. The lowest BCUT2D eigenvalue weighted by Crippen LogP contribution is -2.25. The molecule has 0 spiro atoms. The fraction of sp³-hybridized carbons (Fsp3) is 0.400. The largest absolute Gasteiger partial charge is 0.451 e. The van der Waals surface area contributed by atoms with Crippen molar-refractivity contribution in [2.24, 2.45) is 5.73 Å². The molecular formula is C15H20N2O3. The topological polar surface area (TPSA) is 77.5 Å². The molecule has 0 saturated carbocycles. The second-order valence-electron chi connectivity index (χ2n) is 4.66. The van der Waals surface area contributed by atoms with Crippen molar-refractivity contribution in [1.29, 1.82) is 0 Å². The number of hydrogen-bond donors (Lipinski definition) is 2. The van der Waals surface area contributed by atoms with Crippen LogP contribution >= 0.6 is 0 Å². The first-order valence-electron chi connectivity index (χ1n) is 6.77. The number of amides is 1. The van der Waals surface area contributed by atoms with E-state index in [9.17, 15) is 4.79 Å². The average Bonchev–Trinajstić information content (AvgIpc) is 2.85. The molecule has 0 fully saturated rings. The Bertz CT molecular complexity index is 578. The lowest BCUT2D eigenvalue weighted by atomic mass is 10.2. The number of rotatable bonds is 7. The van der Waals surface area contributed by atoms with E-state index >= 15 is 0 Å². The molecular weight excluding hydrogens is 256 g/mol. The number of fused-ring (bicyclic) bond motifs is 1. The van der Waals surface area contributed by atoms with Gasteiger partial charge in [0.15, 0.2) is 5.76 Å². The highest BCUT2D eigenvalue weighted by Crippen LogP contribution is 2.20. The Morgan fingerprint density at radius 2 is 2.20 bits per heavy atom. The maximum absolute atomic E-state index is 11.9. The predicted octanol–water partition coefficient (Wildman–Crippen LogP) is 1.84. The highest BCUT2D eigenvalue weighted by Gasteiger charge is 2.11. The smallest absolute Gasteiger partial charge is 0.287 e. The van der Waals surface area contributed by atoms with E-state index in [4.69, 9.17) is 14.9 Å². The molecule has 0 radical (unpaired) electrons. The third-order valence-electron chi connectivity index (χ3n) is 2.91. The van der Waals surface area contributed by atoms with E-state index in [-0.39, 0.29) is 5.91 Å². The van der Waals surface area contributed by atoms with E-state index in [1.54, 1.807) is 6.07 Å². The van der Waals surface area contributed by atoms with E-state index in [0.717, 1.165) is 23.0 Å². The van der Waals surface area contributed by atoms with Gasteiger partial charge >= 0.3 is 0 Å². The molecule has 1 aromatic carbocycles. The van der Waals surface area contributed by atoms with E-state index in [1.165, 1.54) is 0 Å². The van der Waals surface area contributed by atoms with Crippen molar-refractivity contribution in [1.82, 2.24) is 5.32 Å². The molecule has 0 aliphatic rings. The van der Waals surface area contributed by atoms with Crippen LogP contribution in [0.2, 0.25) is 0 Å². The average molecular weight is 276 g/mol. The summed E-state index contributed by atoms with van der Waals surface area (Å²) >= 11 is 0. The standard InChI is InChI=1S/C15H20N2O3/c1-11-3-4-13-12(9-11)10-14(20-13)15(18)17-6-2-7-19-8-5-16/h3-4,9-10H,2,5-8,16H2,1H3,(H,17,18). The zero-order valence-electron chi connectivity index (χ0n) is 11.6. The Morgan fingerprint density at radius 1 is 1.35 bits per heavy atom. The summed E-state index contributed by atoms with van der Waals surface area (Å²) < 4.78 is 10.8. The number of aryl methyl sites for hydroxylation is 1. The van der Waals surface area contributed by atoms with Crippen molar-refractivity contribution in [2.45, 2.75) is 13.3 Å². The van der Waals surface area contributed by atoms with Gasteiger partial charge in [0.2, 0.25) is 0 Å². The molecule has 0 saturated heterocycles. The van der Waals surface area contributed by atoms with Gasteiger partial charge in [-0.1, -0.05) is 11.6 Å². The van der Waals surface area contributed by atoms with Crippen molar-refractivity contribution in [3.05, 3.63) is 35.6 Å². The predicted molar refractivity (Wildman–Crippen MR) is 77.8 cm³/mol. The summed E-state index contributed by atoms with van der Waals surface area (Å²) in [6.45, 7) is 4.23. The quantitative estimate of drug-likeness (QED) is 0.756. The summed E-state index contributed by atoms with van der Waals surface area (Å²) in [4.78, 5) is 11.9. The lowest BCUT2D eigenvalue weighted by molar-refractivity contribution is 0.0918. The fourth-order valence-electron chi connectivity index (χ4n) is 1.92. The number of benzene rings is 1. The van der Waals surface area contributed by atoms with Crippen molar-refractivity contribution in [3.63, 3.8) is 0 Å². The third kappa shape index (κ3) is 3.82. The fourth-order valence-corrected chi connectivity index (χ4v) is 1.92. The first kappa shape index (κ1) is 14.6. The Balaban J connectivity index is 1.85.